The van der Waals surface area contributed by atoms with Crippen LogP contribution in [-0.2, 0) is 15.1 Å². The number of fused-ring (bicyclic) bond motifs is 1. The van der Waals surface area contributed by atoms with Gasteiger partial charge in [0.2, 0.25) is 5.91 Å². The van der Waals surface area contributed by atoms with Gasteiger partial charge in [-0.05, 0) is 18.9 Å². The Hall–Kier alpha value is -1.59. The van der Waals surface area contributed by atoms with Crippen molar-refractivity contribution < 1.29 is 14.3 Å². The summed E-state index contributed by atoms with van der Waals surface area (Å²) in [6.45, 7) is 1.92. The van der Waals surface area contributed by atoms with Gasteiger partial charge in [-0.1, -0.05) is 18.2 Å². The number of hydrogen-bond donors (Lipinski definition) is 2. The van der Waals surface area contributed by atoms with E-state index in [0.29, 0.717) is 19.6 Å². The van der Waals surface area contributed by atoms with Crippen molar-refractivity contribution >= 4 is 5.91 Å². The molecule has 2 heterocycles. The first kappa shape index (κ1) is 13.4. The molecule has 5 nitrogen and oxygen atoms in total. The van der Waals surface area contributed by atoms with Crippen molar-refractivity contribution in [3.63, 3.8) is 0 Å². The van der Waals surface area contributed by atoms with Crippen molar-refractivity contribution in [2.24, 2.45) is 5.73 Å². The maximum Gasteiger partial charge on any atom is 0.242 e. The Morgan fingerprint density at radius 1 is 1.40 bits per heavy atom. The van der Waals surface area contributed by atoms with E-state index < -0.39 is 5.54 Å². The van der Waals surface area contributed by atoms with Crippen LogP contribution in [-0.4, -0.2) is 31.8 Å². The summed E-state index contributed by atoms with van der Waals surface area (Å²) in [4.78, 5) is 12.1. The van der Waals surface area contributed by atoms with Gasteiger partial charge in [0.15, 0.2) is 0 Å². The molecule has 0 bridgehead atoms. The zero-order chi connectivity index (χ0) is 14.0. The fraction of sp³-hybridized carbons (Fsp3) is 0.533. The first-order chi connectivity index (χ1) is 9.72. The number of primary amides is 1. The smallest absolute Gasteiger partial charge is 0.242 e. The summed E-state index contributed by atoms with van der Waals surface area (Å²) >= 11 is 0. The molecule has 1 amide bonds. The minimum Gasteiger partial charge on any atom is -0.493 e. The van der Waals surface area contributed by atoms with E-state index in [-0.39, 0.29) is 12.0 Å². The fourth-order valence-corrected chi connectivity index (χ4v) is 3.01. The highest BCUT2D eigenvalue weighted by Crippen LogP contribution is 2.36. The molecule has 0 aromatic heterocycles. The van der Waals surface area contributed by atoms with Crippen molar-refractivity contribution in [2.45, 2.75) is 30.9 Å². The molecule has 0 aliphatic carbocycles. The molecule has 2 aliphatic rings. The first-order valence-electron chi connectivity index (χ1n) is 7.11. The van der Waals surface area contributed by atoms with E-state index in [0.717, 1.165) is 30.8 Å². The lowest BCUT2D eigenvalue weighted by atomic mass is 9.83. The van der Waals surface area contributed by atoms with Crippen molar-refractivity contribution in [2.75, 3.05) is 19.8 Å². The highest BCUT2D eigenvalue weighted by atomic mass is 16.5. The lowest BCUT2D eigenvalue weighted by Crippen LogP contribution is -2.56. The van der Waals surface area contributed by atoms with Crippen molar-refractivity contribution in [3.8, 4) is 5.75 Å². The molecule has 1 aromatic rings. The number of carbonyl (C=O) groups excluding carboxylic acids is 1. The molecule has 3 N–H and O–H groups in total. The molecular formula is C15H20N2O3. The van der Waals surface area contributed by atoms with Gasteiger partial charge in [0.25, 0.3) is 0 Å². The van der Waals surface area contributed by atoms with Gasteiger partial charge in [0, 0.05) is 25.1 Å². The van der Waals surface area contributed by atoms with Gasteiger partial charge in [-0.25, -0.2) is 0 Å². The van der Waals surface area contributed by atoms with Crippen LogP contribution in [0.2, 0.25) is 0 Å². The maximum atomic E-state index is 12.1. The third-order valence-electron chi connectivity index (χ3n) is 4.16. The van der Waals surface area contributed by atoms with Crippen LogP contribution < -0.4 is 15.8 Å². The number of hydrogen-bond acceptors (Lipinski definition) is 4. The van der Waals surface area contributed by atoms with E-state index >= 15 is 0 Å². The number of amides is 1. The highest BCUT2D eigenvalue weighted by Gasteiger charge is 2.43. The molecule has 2 atom stereocenters. The van der Waals surface area contributed by atoms with Gasteiger partial charge in [-0.2, -0.15) is 0 Å². The predicted molar refractivity (Wildman–Crippen MR) is 74.4 cm³/mol. The molecule has 0 saturated carbocycles. The van der Waals surface area contributed by atoms with Gasteiger partial charge in [-0.15, -0.1) is 0 Å². The summed E-state index contributed by atoms with van der Waals surface area (Å²) in [7, 11) is 0. The molecule has 5 heteroatoms. The van der Waals surface area contributed by atoms with Crippen molar-refractivity contribution in [1.29, 1.82) is 0 Å². The van der Waals surface area contributed by atoms with Gasteiger partial charge in [0.1, 0.15) is 11.3 Å². The quantitative estimate of drug-likeness (QED) is 0.857. The molecule has 1 saturated heterocycles. The zero-order valence-electron chi connectivity index (χ0n) is 11.4. The van der Waals surface area contributed by atoms with Gasteiger partial charge in [0.05, 0.1) is 12.7 Å². The number of ether oxygens (including phenoxy) is 2. The van der Waals surface area contributed by atoms with E-state index in [2.05, 4.69) is 5.32 Å². The summed E-state index contributed by atoms with van der Waals surface area (Å²) in [6.07, 6.45) is 2.82. The van der Waals surface area contributed by atoms with E-state index in [4.69, 9.17) is 15.2 Å². The maximum absolute atomic E-state index is 12.1. The van der Waals surface area contributed by atoms with Crippen LogP contribution in [0.4, 0.5) is 0 Å². The molecule has 1 aromatic carbocycles. The average Bonchev–Trinajstić information content (AvgIpc) is 2.98. The molecule has 0 spiro atoms. The number of benzene rings is 1. The number of nitrogens with one attached hydrogen (secondary N) is 1. The van der Waals surface area contributed by atoms with Crippen LogP contribution in [0.25, 0.3) is 0 Å². The average molecular weight is 276 g/mol. The van der Waals surface area contributed by atoms with Gasteiger partial charge in [-0.3, -0.25) is 10.1 Å². The van der Waals surface area contributed by atoms with Crippen molar-refractivity contribution in [1.82, 2.24) is 5.32 Å². The third-order valence-corrected chi connectivity index (χ3v) is 4.16. The van der Waals surface area contributed by atoms with E-state index in [1.54, 1.807) is 0 Å². The van der Waals surface area contributed by atoms with Crippen LogP contribution in [0.1, 0.15) is 24.8 Å². The molecule has 0 radical (unpaired) electrons. The topological polar surface area (TPSA) is 73.6 Å². The van der Waals surface area contributed by atoms with E-state index in [9.17, 15) is 4.79 Å². The Morgan fingerprint density at radius 2 is 2.25 bits per heavy atom. The van der Waals surface area contributed by atoms with Crippen LogP contribution in [0.3, 0.4) is 0 Å². The largest absolute Gasteiger partial charge is 0.493 e. The lowest BCUT2D eigenvalue weighted by Gasteiger charge is -2.37. The molecule has 3 rings (SSSR count). The Labute approximate surface area is 118 Å². The zero-order valence-corrected chi connectivity index (χ0v) is 11.4. The highest BCUT2D eigenvalue weighted by molar-refractivity contribution is 5.87. The Kier molecular flexibility index (Phi) is 3.63. The van der Waals surface area contributed by atoms with Crippen molar-refractivity contribution in [3.05, 3.63) is 29.8 Å². The number of carbonyl (C=O) groups is 1. The minimum absolute atomic E-state index is 0.168. The minimum atomic E-state index is -0.846. The second-order valence-corrected chi connectivity index (χ2v) is 5.38. The number of rotatable bonds is 4. The first-order valence-corrected chi connectivity index (χ1v) is 7.11. The van der Waals surface area contributed by atoms with Gasteiger partial charge < -0.3 is 15.2 Å². The SMILES string of the molecule is NC(=O)C1(NCC2CCCO2)CCOc2ccccc21. The Morgan fingerprint density at radius 3 is 3.00 bits per heavy atom. The van der Waals surface area contributed by atoms with Gasteiger partial charge >= 0.3 is 0 Å². The Balaban J connectivity index is 1.86. The molecule has 2 aliphatic heterocycles. The Bertz CT molecular complexity index is 500. The van der Waals surface area contributed by atoms with Crippen LogP contribution >= 0.6 is 0 Å². The molecule has 20 heavy (non-hydrogen) atoms. The summed E-state index contributed by atoms with van der Waals surface area (Å²) < 4.78 is 11.2. The molecular weight excluding hydrogens is 256 g/mol. The summed E-state index contributed by atoms with van der Waals surface area (Å²) in [5.74, 6) is 0.378. The van der Waals surface area contributed by atoms with Crippen LogP contribution in [0.5, 0.6) is 5.75 Å². The molecule has 1 fully saturated rings. The monoisotopic (exact) mass is 276 g/mol. The second-order valence-electron chi connectivity index (χ2n) is 5.38. The van der Waals surface area contributed by atoms with Crippen LogP contribution in [0.15, 0.2) is 24.3 Å². The lowest BCUT2D eigenvalue weighted by molar-refractivity contribution is -0.126. The predicted octanol–water partition coefficient (Wildman–Crippen LogP) is 0.918. The van der Waals surface area contributed by atoms with E-state index in [1.807, 2.05) is 24.3 Å². The second kappa shape index (κ2) is 5.42. The standard InChI is InChI=1S/C15H20N2O3/c16-14(18)15(17-10-11-4-3-8-19-11)7-9-20-13-6-2-1-5-12(13)15/h1-2,5-6,11,17H,3-4,7-10H2,(H2,16,18). The van der Waals surface area contributed by atoms with E-state index in [1.165, 1.54) is 0 Å². The third kappa shape index (κ3) is 2.27. The normalized spacial score (nSPS) is 28.7. The van der Waals surface area contributed by atoms with Crippen LogP contribution in [0, 0.1) is 0 Å². The molecule has 2 unspecified atom stereocenters. The summed E-state index contributed by atoms with van der Waals surface area (Å²) in [6, 6.07) is 7.58. The summed E-state index contributed by atoms with van der Waals surface area (Å²) in [5.41, 5.74) is 5.69. The molecule has 108 valence electrons. The number of para-hydroxylation sites is 1. The summed E-state index contributed by atoms with van der Waals surface area (Å²) in [5, 5.41) is 3.35. The fourth-order valence-electron chi connectivity index (χ4n) is 3.01. The number of nitrogens with two attached hydrogens (primary N) is 1.